The molecule has 0 aromatic heterocycles. The van der Waals surface area contributed by atoms with E-state index >= 15 is 0 Å². The van der Waals surface area contributed by atoms with Crippen molar-refractivity contribution < 1.29 is 4.79 Å². The summed E-state index contributed by atoms with van der Waals surface area (Å²) in [6.45, 7) is 10.1. The van der Waals surface area contributed by atoms with E-state index < -0.39 is 5.41 Å². The first kappa shape index (κ1) is 19.3. The van der Waals surface area contributed by atoms with Gasteiger partial charge >= 0.3 is 0 Å². The van der Waals surface area contributed by atoms with E-state index in [2.05, 4.69) is 20.9 Å². The third-order valence-corrected chi connectivity index (χ3v) is 3.73. The van der Waals surface area contributed by atoms with Crippen molar-refractivity contribution in [3.05, 3.63) is 34.9 Å². The van der Waals surface area contributed by atoms with E-state index in [-0.39, 0.29) is 5.91 Å². The molecule has 23 heavy (non-hydrogen) atoms. The maximum absolute atomic E-state index is 12.0. The van der Waals surface area contributed by atoms with E-state index in [1.54, 1.807) is 0 Å². The summed E-state index contributed by atoms with van der Waals surface area (Å²) >= 11 is 6.15. The molecule has 0 radical (unpaired) electrons. The fourth-order valence-corrected chi connectivity index (χ4v) is 2.11. The van der Waals surface area contributed by atoms with Crippen molar-refractivity contribution in [3.63, 3.8) is 0 Å². The third kappa shape index (κ3) is 6.48. The summed E-state index contributed by atoms with van der Waals surface area (Å²) in [5.41, 5.74) is 0.450. The van der Waals surface area contributed by atoms with Gasteiger partial charge in [0.1, 0.15) is 0 Å². The molecule has 0 saturated carbocycles. The van der Waals surface area contributed by atoms with E-state index in [4.69, 9.17) is 11.6 Å². The zero-order valence-corrected chi connectivity index (χ0v) is 15.1. The molecule has 0 atom stereocenters. The van der Waals surface area contributed by atoms with Crippen molar-refractivity contribution in [1.29, 1.82) is 0 Å². The molecule has 0 aliphatic rings. The smallest absolute Gasteiger partial charge is 0.227 e. The van der Waals surface area contributed by atoms with E-state index in [0.717, 1.165) is 12.1 Å². The molecule has 1 aromatic rings. The van der Waals surface area contributed by atoms with Crippen LogP contribution in [-0.2, 0) is 11.3 Å². The summed E-state index contributed by atoms with van der Waals surface area (Å²) in [6.07, 6.45) is 0. The Morgan fingerprint density at radius 1 is 1.13 bits per heavy atom. The van der Waals surface area contributed by atoms with E-state index in [1.807, 2.05) is 52.0 Å². The van der Waals surface area contributed by atoms with Crippen LogP contribution >= 0.6 is 11.6 Å². The molecule has 0 spiro atoms. The van der Waals surface area contributed by atoms with Crippen LogP contribution in [0.15, 0.2) is 29.3 Å². The van der Waals surface area contributed by atoms with Crippen molar-refractivity contribution in [1.82, 2.24) is 16.0 Å². The normalized spacial score (nSPS) is 12.0. The topological polar surface area (TPSA) is 65.5 Å². The Kier molecular flexibility index (Phi) is 7.89. The molecule has 0 unspecified atom stereocenters. The zero-order chi connectivity index (χ0) is 17.3. The number of carbonyl (C=O) groups excluding carboxylic acids is 1. The van der Waals surface area contributed by atoms with Crippen LogP contribution in [0.2, 0.25) is 5.02 Å². The minimum Gasteiger partial charge on any atom is -0.357 e. The van der Waals surface area contributed by atoms with Crippen LogP contribution in [0.3, 0.4) is 0 Å². The van der Waals surface area contributed by atoms with Crippen molar-refractivity contribution in [2.45, 2.75) is 34.2 Å². The van der Waals surface area contributed by atoms with Gasteiger partial charge in [-0.3, -0.25) is 4.79 Å². The lowest BCUT2D eigenvalue weighted by atomic mass is 9.92. The molecule has 1 amide bonds. The highest BCUT2D eigenvalue weighted by molar-refractivity contribution is 6.31. The molecule has 5 nitrogen and oxygen atoms in total. The van der Waals surface area contributed by atoms with Gasteiger partial charge in [0, 0.05) is 24.7 Å². The molecule has 6 heteroatoms. The summed E-state index contributed by atoms with van der Waals surface area (Å²) in [5, 5.41) is 9.96. The van der Waals surface area contributed by atoms with Crippen molar-refractivity contribution in [3.8, 4) is 0 Å². The number of carbonyl (C=O) groups is 1. The van der Waals surface area contributed by atoms with Crippen molar-refractivity contribution in [2.24, 2.45) is 10.4 Å². The van der Waals surface area contributed by atoms with E-state index in [0.29, 0.717) is 30.6 Å². The van der Waals surface area contributed by atoms with Crippen LogP contribution in [0.5, 0.6) is 0 Å². The number of nitrogens with one attached hydrogen (secondary N) is 3. The standard InChI is InChI=1S/C17H27ClN4O/c1-5-19-15(23)17(3,4)12-22-16(20-6-2)21-11-13-9-7-8-10-14(13)18/h7-10H,5-6,11-12H2,1-4H3,(H,19,23)(H2,20,21,22). The number of nitrogens with zero attached hydrogens (tertiary/aromatic N) is 1. The summed E-state index contributed by atoms with van der Waals surface area (Å²) in [4.78, 5) is 16.6. The van der Waals surface area contributed by atoms with Gasteiger partial charge in [0.25, 0.3) is 0 Å². The minimum absolute atomic E-state index is 0.0226. The van der Waals surface area contributed by atoms with E-state index in [1.165, 1.54) is 0 Å². The van der Waals surface area contributed by atoms with Gasteiger partial charge in [-0.25, -0.2) is 4.99 Å². The number of halogens is 1. The van der Waals surface area contributed by atoms with Gasteiger partial charge in [0.15, 0.2) is 5.96 Å². The van der Waals surface area contributed by atoms with Crippen LogP contribution in [0.4, 0.5) is 0 Å². The summed E-state index contributed by atoms with van der Waals surface area (Å²) in [7, 11) is 0. The molecule has 0 aliphatic heterocycles. The van der Waals surface area contributed by atoms with Crippen LogP contribution in [0.25, 0.3) is 0 Å². The highest BCUT2D eigenvalue weighted by Gasteiger charge is 2.27. The van der Waals surface area contributed by atoms with Gasteiger partial charge in [-0.15, -0.1) is 0 Å². The van der Waals surface area contributed by atoms with Gasteiger partial charge in [0.2, 0.25) is 5.91 Å². The first-order valence-electron chi connectivity index (χ1n) is 7.94. The highest BCUT2D eigenvalue weighted by Crippen LogP contribution is 2.16. The molecule has 1 rings (SSSR count). The van der Waals surface area contributed by atoms with Gasteiger partial charge in [-0.1, -0.05) is 29.8 Å². The van der Waals surface area contributed by atoms with Crippen LogP contribution in [0.1, 0.15) is 33.3 Å². The van der Waals surface area contributed by atoms with Gasteiger partial charge in [0.05, 0.1) is 12.0 Å². The van der Waals surface area contributed by atoms with Gasteiger partial charge < -0.3 is 16.0 Å². The Hall–Kier alpha value is -1.75. The molecular formula is C17H27ClN4O. The second-order valence-corrected chi connectivity index (χ2v) is 6.29. The average Bonchev–Trinajstić information content (AvgIpc) is 2.51. The number of hydrogen-bond donors (Lipinski definition) is 3. The first-order valence-corrected chi connectivity index (χ1v) is 8.32. The van der Waals surface area contributed by atoms with Crippen molar-refractivity contribution in [2.75, 3.05) is 19.6 Å². The third-order valence-electron chi connectivity index (χ3n) is 3.36. The Morgan fingerprint density at radius 2 is 1.78 bits per heavy atom. The SMILES string of the molecule is CCNC(=O)C(C)(C)CNC(=NCc1ccccc1Cl)NCC. The fourth-order valence-electron chi connectivity index (χ4n) is 1.92. The molecule has 0 bridgehead atoms. The Morgan fingerprint density at radius 3 is 2.39 bits per heavy atom. The molecule has 1 aromatic carbocycles. The number of benzene rings is 1. The van der Waals surface area contributed by atoms with Crippen molar-refractivity contribution >= 4 is 23.5 Å². The van der Waals surface area contributed by atoms with Gasteiger partial charge in [-0.2, -0.15) is 0 Å². The second-order valence-electron chi connectivity index (χ2n) is 5.88. The average molecular weight is 339 g/mol. The quantitative estimate of drug-likeness (QED) is 0.529. The first-order chi connectivity index (χ1) is 10.9. The summed E-state index contributed by atoms with van der Waals surface area (Å²) in [5.74, 6) is 0.694. The predicted octanol–water partition coefficient (Wildman–Crippen LogP) is 2.56. The second kappa shape index (κ2) is 9.40. The molecule has 0 fully saturated rings. The lowest BCUT2D eigenvalue weighted by Crippen LogP contribution is -2.47. The van der Waals surface area contributed by atoms with Gasteiger partial charge in [-0.05, 0) is 39.3 Å². The number of guanidine groups is 1. The van der Waals surface area contributed by atoms with E-state index in [9.17, 15) is 4.79 Å². The fraction of sp³-hybridized carbons (Fsp3) is 0.529. The highest BCUT2D eigenvalue weighted by atomic mass is 35.5. The monoisotopic (exact) mass is 338 g/mol. The molecular weight excluding hydrogens is 312 g/mol. The Balaban J connectivity index is 2.69. The number of rotatable bonds is 7. The van der Waals surface area contributed by atoms with Crippen LogP contribution < -0.4 is 16.0 Å². The Labute approximate surface area is 143 Å². The molecule has 0 saturated heterocycles. The lowest BCUT2D eigenvalue weighted by molar-refractivity contribution is -0.128. The summed E-state index contributed by atoms with van der Waals surface area (Å²) < 4.78 is 0. The molecule has 0 aliphatic carbocycles. The molecule has 128 valence electrons. The lowest BCUT2D eigenvalue weighted by Gasteiger charge is -2.24. The number of aliphatic imine (C=N–C) groups is 1. The number of hydrogen-bond acceptors (Lipinski definition) is 2. The molecule has 3 N–H and O–H groups in total. The maximum atomic E-state index is 12.0. The largest absolute Gasteiger partial charge is 0.357 e. The zero-order valence-electron chi connectivity index (χ0n) is 14.4. The minimum atomic E-state index is -0.517. The Bertz CT molecular complexity index is 543. The predicted molar refractivity (Wildman–Crippen MR) is 96.7 cm³/mol. The van der Waals surface area contributed by atoms with Crippen LogP contribution in [-0.4, -0.2) is 31.5 Å². The molecule has 0 heterocycles. The summed E-state index contributed by atoms with van der Waals surface area (Å²) in [6, 6.07) is 7.64. The number of amides is 1. The van der Waals surface area contributed by atoms with Crippen LogP contribution in [0, 0.1) is 5.41 Å². The maximum Gasteiger partial charge on any atom is 0.227 e.